The number of nitrogens with one attached hydrogen (secondary N) is 1. The van der Waals surface area contributed by atoms with Gasteiger partial charge in [0.2, 0.25) is 5.88 Å². The lowest BCUT2D eigenvalue weighted by atomic mass is 9.86. The van der Waals surface area contributed by atoms with Crippen molar-refractivity contribution in [1.29, 1.82) is 0 Å². The Hall–Kier alpha value is -1.86. The van der Waals surface area contributed by atoms with Crippen LogP contribution in [0.2, 0.25) is 10.0 Å². The highest BCUT2D eigenvalue weighted by atomic mass is 35.5. The van der Waals surface area contributed by atoms with Crippen molar-refractivity contribution in [2.24, 2.45) is 0 Å². The summed E-state index contributed by atoms with van der Waals surface area (Å²) in [7, 11) is 0. The molecule has 0 radical (unpaired) electrons. The lowest BCUT2D eigenvalue weighted by molar-refractivity contribution is 0.139. The first-order valence-corrected chi connectivity index (χ1v) is 10.6. The number of aromatic nitrogens is 4. The van der Waals surface area contributed by atoms with E-state index in [1.165, 1.54) is 5.56 Å². The lowest BCUT2D eigenvalue weighted by Gasteiger charge is -2.28. The maximum absolute atomic E-state index is 6.22. The molecule has 1 saturated carbocycles. The number of hydrogen-bond donors (Lipinski definition) is 1. The molecule has 1 fully saturated rings. The lowest BCUT2D eigenvalue weighted by Crippen LogP contribution is -2.25. The van der Waals surface area contributed by atoms with Gasteiger partial charge in [0.25, 0.3) is 0 Å². The predicted molar refractivity (Wildman–Crippen MR) is 119 cm³/mol. The monoisotopic (exact) mass is 465 g/mol. The maximum atomic E-state index is 6.22. The minimum absolute atomic E-state index is 0. The summed E-state index contributed by atoms with van der Waals surface area (Å²) in [4.78, 5) is 4.24. The second-order valence-electron chi connectivity index (χ2n) is 7.59. The van der Waals surface area contributed by atoms with Crippen LogP contribution in [0.25, 0.3) is 5.69 Å². The van der Waals surface area contributed by atoms with Crippen LogP contribution in [-0.2, 0) is 13.1 Å². The number of hydrogen-bond acceptors (Lipinski definition) is 5. The number of rotatable bonds is 3. The first-order valence-electron chi connectivity index (χ1n) is 9.89. The summed E-state index contributed by atoms with van der Waals surface area (Å²) in [5.41, 5.74) is 2.29. The van der Waals surface area contributed by atoms with Crippen LogP contribution >= 0.6 is 35.6 Å². The number of pyridine rings is 1. The van der Waals surface area contributed by atoms with Crippen molar-refractivity contribution in [2.45, 2.75) is 50.8 Å². The van der Waals surface area contributed by atoms with E-state index in [2.05, 4.69) is 31.1 Å². The molecule has 3 aromatic rings. The molecule has 3 heterocycles. The molecular formula is C21H22Cl3N5O. The minimum atomic E-state index is 0. The molecule has 9 heteroatoms. The SMILES string of the molecule is Cl.Clc1ccc(O[C@H]2CC[C@H](c3nnc4n3-c3ccc(Cl)cc3CNC4)CC2)nc1. The van der Waals surface area contributed by atoms with E-state index in [9.17, 15) is 0 Å². The third-order valence-electron chi connectivity index (χ3n) is 5.66. The van der Waals surface area contributed by atoms with E-state index in [1.807, 2.05) is 18.2 Å². The van der Waals surface area contributed by atoms with Crippen molar-refractivity contribution >= 4 is 35.6 Å². The normalized spacial score (nSPS) is 20.5. The van der Waals surface area contributed by atoms with Crippen molar-refractivity contribution in [3.63, 3.8) is 0 Å². The van der Waals surface area contributed by atoms with Crippen molar-refractivity contribution in [2.75, 3.05) is 0 Å². The Morgan fingerprint density at radius 3 is 2.53 bits per heavy atom. The molecule has 158 valence electrons. The van der Waals surface area contributed by atoms with Gasteiger partial charge in [0.05, 0.1) is 17.3 Å². The van der Waals surface area contributed by atoms with Crippen LogP contribution in [-0.4, -0.2) is 25.9 Å². The van der Waals surface area contributed by atoms with Crippen molar-refractivity contribution in [1.82, 2.24) is 25.1 Å². The fourth-order valence-electron chi connectivity index (χ4n) is 4.24. The summed E-state index contributed by atoms with van der Waals surface area (Å²) in [6.07, 6.45) is 5.72. The molecule has 0 spiro atoms. The largest absolute Gasteiger partial charge is 0.474 e. The van der Waals surface area contributed by atoms with E-state index in [-0.39, 0.29) is 18.5 Å². The Bertz CT molecular complexity index is 1020. The topological polar surface area (TPSA) is 64.9 Å². The average Bonchev–Trinajstić information content (AvgIpc) is 3.06. The van der Waals surface area contributed by atoms with E-state index in [0.717, 1.165) is 54.6 Å². The van der Waals surface area contributed by atoms with Crippen LogP contribution in [0.1, 0.15) is 48.8 Å². The molecule has 6 nitrogen and oxygen atoms in total. The van der Waals surface area contributed by atoms with Crippen molar-refractivity contribution < 1.29 is 4.74 Å². The Morgan fingerprint density at radius 2 is 1.77 bits per heavy atom. The molecule has 30 heavy (non-hydrogen) atoms. The van der Waals surface area contributed by atoms with Crippen LogP contribution in [0.5, 0.6) is 5.88 Å². The minimum Gasteiger partial charge on any atom is -0.474 e. The fraction of sp³-hybridized carbons (Fsp3) is 0.381. The standard InChI is InChI=1S/C21H21Cl2N5O.ClH/c22-15-3-7-18-14(9-15)10-24-12-19-26-27-21(28(18)19)13-1-5-17(6-2-13)29-20-8-4-16(23)11-25-20;/h3-4,7-9,11,13,17,24H,1-2,5-6,10,12H2;1H/t13-,17-;. The number of benzene rings is 1. The highest BCUT2D eigenvalue weighted by Gasteiger charge is 2.30. The van der Waals surface area contributed by atoms with Gasteiger partial charge in [-0.05, 0) is 55.5 Å². The Balaban J connectivity index is 0.00000218. The van der Waals surface area contributed by atoms with Crippen LogP contribution in [0.3, 0.4) is 0 Å². The molecule has 2 aliphatic rings. The molecule has 1 N–H and O–H groups in total. The van der Waals surface area contributed by atoms with E-state index in [1.54, 1.807) is 12.3 Å². The zero-order valence-electron chi connectivity index (χ0n) is 16.2. The van der Waals surface area contributed by atoms with Gasteiger partial charge in [-0.25, -0.2) is 4.98 Å². The highest BCUT2D eigenvalue weighted by Crippen LogP contribution is 2.36. The summed E-state index contributed by atoms with van der Waals surface area (Å²) >= 11 is 12.1. The molecule has 1 aromatic carbocycles. The number of fused-ring (bicyclic) bond motifs is 3. The zero-order chi connectivity index (χ0) is 19.8. The first-order chi connectivity index (χ1) is 14.2. The third kappa shape index (κ3) is 4.28. The Kier molecular flexibility index (Phi) is 6.48. The van der Waals surface area contributed by atoms with Crippen LogP contribution in [0.15, 0.2) is 36.5 Å². The summed E-state index contributed by atoms with van der Waals surface area (Å²) in [5, 5.41) is 13.8. The molecule has 0 saturated heterocycles. The van der Waals surface area contributed by atoms with Gasteiger partial charge in [0.1, 0.15) is 11.9 Å². The molecule has 2 aromatic heterocycles. The summed E-state index contributed by atoms with van der Waals surface area (Å²) < 4.78 is 8.26. The first kappa shape index (κ1) is 21.4. The van der Waals surface area contributed by atoms with Gasteiger partial charge in [-0.2, -0.15) is 0 Å². The van der Waals surface area contributed by atoms with Gasteiger partial charge >= 0.3 is 0 Å². The molecule has 0 atom stereocenters. The zero-order valence-corrected chi connectivity index (χ0v) is 18.6. The van der Waals surface area contributed by atoms with E-state index >= 15 is 0 Å². The molecular weight excluding hydrogens is 445 g/mol. The van der Waals surface area contributed by atoms with Crippen LogP contribution in [0, 0.1) is 0 Å². The summed E-state index contributed by atoms with van der Waals surface area (Å²) in [6, 6.07) is 9.65. The quantitative estimate of drug-likeness (QED) is 0.582. The Morgan fingerprint density at radius 1 is 0.967 bits per heavy atom. The second-order valence-corrected chi connectivity index (χ2v) is 8.47. The number of nitrogens with zero attached hydrogens (tertiary/aromatic N) is 4. The van der Waals surface area contributed by atoms with Crippen molar-refractivity contribution in [3.8, 4) is 11.6 Å². The predicted octanol–water partition coefficient (Wildman–Crippen LogP) is 5.10. The fourth-order valence-corrected chi connectivity index (χ4v) is 4.54. The molecule has 1 aliphatic heterocycles. The molecule has 0 unspecified atom stereocenters. The molecule has 5 rings (SSSR count). The van der Waals surface area contributed by atoms with E-state index in [4.69, 9.17) is 27.9 Å². The number of halogens is 3. The highest BCUT2D eigenvalue weighted by molar-refractivity contribution is 6.30. The van der Waals surface area contributed by atoms with Gasteiger partial charge in [0.15, 0.2) is 5.82 Å². The van der Waals surface area contributed by atoms with Gasteiger partial charge in [-0.1, -0.05) is 23.2 Å². The van der Waals surface area contributed by atoms with Crippen LogP contribution < -0.4 is 10.1 Å². The van der Waals surface area contributed by atoms with Crippen molar-refractivity contribution in [3.05, 3.63) is 63.8 Å². The van der Waals surface area contributed by atoms with Gasteiger partial charge in [0, 0.05) is 29.7 Å². The molecule has 0 amide bonds. The Labute approximate surface area is 191 Å². The third-order valence-corrected chi connectivity index (χ3v) is 6.12. The molecule has 0 bridgehead atoms. The van der Waals surface area contributed by atoms with E-state index in [0.29, 0.717) is 23.4 Å². The summed E-state index contributed by atoms with van der Waals surface area (Å²) in [6.45, 7) is 1.47. The average molecular weight is 467 g/mol. The number of ether oxygens (including phenoxy) is 1. The molecule has 1 aliphatic carbocycles. The van der Waals surface area contributed by atoms with Gasteiger partial charge in [-0.3, -0.25) is 4.57 Å². The van der Waals surface area contributed by atoms with E-state index < -0.39 is 0 Å². The summed E-state index contributed by atoms with van der Waals surface area (Å²) in [5.74, 6) is 2.97. The maximum Gasteiger partial charge on any atom is 0.213 e. The van der Waals surface area contributed by atoms with Gasteiger partial charge < -0.3 is 10.1 Å². The van der Waals surface area contributed by atoms with Gasteiger partial charge in [-0.15, -0.1) is 22.6 Å². The second kappa shape index (κ2) is 9.10. The van der Waals surface area contributed by atoms with Crippen LogP contribution in [0.4, 0.5) is 0 Å². The smallest absolute Gasteiger partial charge is 0.213 e.